The summed E-state index contributed by atoms with van der Waals surface area (Å²) in [5.74, 6) is -1.96. The molecule has 2 N–H and O–H groups in total. The molecule has 0 atom stereocenters. The third-order valence-corrected chi connectivity index (χ3v) is 3.37. The van der Waals surface area contributed by atoms with Crippen molar-refractivity contribution in [2.45, 2.75) is 45.4 Å². The van der Waals surface area contributed by atoms with E-state index >= 15 is 0 Å². The van der Waals surface area contributed by atoms with Crippen LogP contribution in [0.1, 0.15) is 55.8 Å². The summed E-state index contributed by atoms with van der Waals surface area (Å²) in [5.41, 5.74) is -0.211. The van der Waals surface area contributed by atoms with Gasteiger partial charge in [0.25, 0.3) is 5.91 Å². The molecule has 0 spiro atoms. The Labute approximate surface area is 125 Å². The van der Waals surface area contributed by atoms with Crippen LogP contribution < -0.4 is 10.6 Å². The predicted molar refractivity (Wildman–Crippen MR) is 81.6 cm³/mol. The van der Waals surface area contributed by atoms with Gasteiger partial charge in [-0.2, -0.15) is 0 Å². The van der Waals surface area contributed by atoms with Crippen LogP contribution in [-0.4, -0.2) is 19.5 Å². The smallest absolute Gasteiger partial charge is 0.251 e. The summed E-state index contributed by atoms with van der Waals surface area (Å²) in [4.78, 5) is 11.8. The van der Waals surface area contributed by atoms with E-state index in [0.717, 1.165) is 31.4 Å². The van der Waals surface area contributed by atoms with Crippen molar-refractivity contribution < 1.29 is 13.6 Å². The largest absolute Gasteiger partial charge is 0.383 e. The molecule has 0 aliphatic rings. The number of anilines is 1. The van der Waals surface area contributed by atoms with E-state index < -0.39 is 17.5 Å². The van der Waals surface area contributed by atoms with Crippen molar-refractivity contribution in [2.75, 3.05) is 18.9 Å². The van der Waals surface area contributed by atoms with Crippen LogP contribution in [0.25, 0.3) is 0 Å². The summed E-state index contributed by atoms with van der Waals surface area (Å²) in [6.07, 6.45) is 6.76. The van der Waals surface area contributed by atoms with Crippen molar-refractivity contribution in [1.82, 2.24) is 5.32 Å². The third kappa shape index (κ3) is 5.69. The highest BCUT2D eigenvalue weighted by atomic mass is 19.1. The second kappa shape index (κ2) is 9.32. The number of benzene rings is 1. The summed E-state index contributed by atoms with van der Waals surface area (Å²) in [6.45, 7) is 2.69. The molecular weight excluding hydrogens is 274 g/mol. The van der Waals surface area contributed by atoms with Crippen LogP contribution in [0.4, 0.5) is 14.5 Å². The molecule has 0 aliphatic carbocycles. The lowest BCUT2D eigenvalue weighted by Gasteiger charge is -2.08. The lowest BCUT2D eigenvalue weighted by atomic mass is 10.1. The Bertz CT molecular complexity index is 441. The Kier molecular flexibility index (Phi) is 7.72. The van der Waals surface area contributed by atoms with Crippen LogP contribution in [0.2, 0.25) is 0 Å². The molecule has 0 saturated heterocycles. The van der Waals surface area contributed by atoms with Crippen molar-refractivity contribution in [1.29, 1.82) is 0 Å². The van der Waals surface area contributed by atoms with E-state index in [1.807, 2.05) is 0 Å². The summed E-state index contributed by atoms with van der Waals surface area (Å²) in [7, 11) is 1.43. The van der Waals surface area contributed by atoms with Crippen molar-refractivity contribution >= 4 is 11.6 Å². The summed E-state index contributed by atoms with van der Waals surface area (Å²) < 4.78 is 27.1. The topological polar surface area (TPSA) is 41.1 Å². The van der Waals surface area contributed by atoms with Gasteiger partial charge < -0.3 is 10.6 Å². The fourth-order valence-electron chi connectivity index (χ4n) is 2.15. The molecule has 0 bridgehead atoms. The third-order valence-electron chi connectivity index (χ3n) is 3.37. The first kappa shape index (κ1) is 17.4. The molecule has 118 valence electrons. The van der Waals surface area contributed by atoms with Gasteiger partial charge in [-0.05, 0) is 18.6 Å². The molecule has 0 radical (unpaired) electrons. The zero-order chi connectivity index (χ0) is 15.7. The second-order valence-electron chi connectivity index (χ2n) is 5.09. The van der Waals surface area contributed by atoms with Crippen molar-refractivity contribution in [3.8, 4) is 0 Å². The number of halogens is 2. The number of rotatable bonds is 9. The average molecular weight is 298 g/mol. The summed E-state index contributed by atoms with van der Waals surface area (Å²) >= 11 is 0. The zero-order valence-corrected chi connectivity index (χ0v) is 12.8. The van der Waals surface area contributed by atoms with Crippen LogP contribution >= 0.6 is 0 Å². The molecule has 5 heteroatoms. The Morgan fingerprint density at radius 1 is 1.05 bits per heavy atom. The van der Waals surface area contributed by atoms with Gasteiger partial charge in [-0.15, -0.1) is 0 Å². The first-order chi connectivity index (χ1) is 10.1. The van der Waals surface area contributed by atoms with E-state index in [1.165, 1.54) is 26.3 Å². The minimum absolute atomic E-state index is 0.00924. The fraction of sp³-hybridized carbons (Fsp3) is 0.562. The lowest BCUT2D eigenvalue weighted by molar-refractivity contribution is 0.0952. The molecular formula is C16H24F2N2O. The molecule has 1 rings (SSSR count). The van der Waals surface area contributed by atoms with Crippen LogP contribution in [0.5, 0.6) is 0 Å². The van der Waals surface area contributed by atoms with Crippen LogP contribution in [0, 0.1) is 11.6 Å². The maximum Gasteiger partial charge on any atom is 0.251 e. The molecule has 0 aromatic heterocycles. The molecule has 0 aliphatic heterocycles. The molecule has 3 nitrogen and oxygen atoms in total. The lowest BCUT2D eigenvalue weighted by Crippen LogP contribution is -2.24. The Morgan fingerprint density at radius 2 is 1.62 bits per heavy atom. The van der Waals surface area contributed by atoms with Gasteiger partial charge in [0.2, 0.25) is 0 Å². The van der Waals surface area contributed by atoms with Crippen molar-refractivity contribution in [3.05, 3.63) is 29.3 Å². The van der Waals surface area contributed by atoms with E-state index in [9.17, 15) is 13.6 Å². The molecule has 0 saturated carbocycles. The number of carbonyl (C=O) groups is 1. The minimum Gasteiger partial charge on any atom is -0.383 e. The van der Waals surface area contributed by atoms with Crippen LogP contribution in [-0.2, 0) is 0 Å². The number of unbranched alkanes of at least 4 members (excludes halogenated alkanes) is 5. The summed E-state index contributed by atoms with van der Waals surface area (Å²) in [5, 5.41) is 5.11. The minimum atomic E-state index is -0.762. The highest BCUT2D eigenvalue weighted by molar-refractivity contribution is 5.94. The first-order valence-corrected chi connectivity index (χ1v) is 7.55. The van der Waals surface area contributed by atoms with Gasteiger partial charge in [-0.25, -0.2) is 8.78 Å². The number of amides is 1. The highest BCUT2D eigenvalue weighted by Gasteiger charge is 2.13. The predicted octanol–water partition coefficient (Wildman–Crippen LogP) is 4.10. The van der Waals surface area contributed by atoms with Gasteiger partial charge in [0.05, 0.1) is 0 Å². The molecule has 0 heterocycles. The number of carbonyl (C=O) groups excluding carboxylic acids is 1. The molecule has 21 heavy (non-hydrogen) atoms. The van der Waals surface area contributed by atoms with Crippen molar-refractivity contribution in [3.63, 3.8) is 0 Å². The second-order valence-corrected chi connectivity index (χ2v) is 5.09. The van der Waals surface area contributed by atoms with Crippen molar-refractivity contribution in [2.24, 2.45) is 0 Å². The average Bonchev–Trinajstić information content (AvgIpc) is 2.45. The number of nitrogens with one attached hydrogen (secondary N) is 2. The van der Waals surface area contributed by atoms with Crippen LogP contribution in [0.15, 0.2) is 12.1 Å². The van der Waals surface area contributed by atoms with Crippen LogP contribution in [0.3, 0.4) is 0 Å². The van der Waals surface area contributed by atoms with Gasteiger partial charge in [0.15, 0.2) is 0 Å². The molecule has 0 fully saturated rings. The Morgan fingerprint density at radius 3 is 2.19 bits per heavy atom. The monoisotopic (exact) mass is 298 g/mol. The van der Waals surface area contributed by atoms with E-state index in [4.69, 9.17) is 0 Å². The maximum absolute atomic E-state index is 13.6. The van der Waals surface area contributed by atoms with Gasteiger partial charge in [0, 0.05) is 19.2 Å². The SMILES string of the molecule is CCCCCCCCNC(=O)c1cc(F)c(NC)c(F)c1. The quantitative estimate of drug-likeness (QED) is 0.674. The van der Waals surface area contributed by atoms with Gasteiger partial charge in [-0.3, -0.25) is 4.79 Å². The van der Waals surface area contributed by atoms with E-state index in [1.54, 1.807) is 0 Å². The Balaban J connectivity index is 2.39. The fourth-order valence-corrected chi connectivity index (χ4v) is 2.15. The Hall–Kier alpha value is -1.65. The van der Waals surface area contributed by atoms with Gasteiger partial charge >= 0.3 is 0 Å². The maximum atomic E-state index is 13.6. The van der Waals surface area contributed by atoms with E-state index in [2.05, 4.69) is 17.6 Å². The van der Waals surface area contributed by atoms with Gasteiger partial charge in [-0.1, -0.05) is 39.0 Å². The number of hydrogen-bond donors (Lipinski definition) is 2. The standard InChI is InChI=1S/C16H24F2N2O/c1-3-4-5-6-7-8-9-20-16(21)12-10-13(17)15(19-2)14(18)11-12/h10-11,19H,3-9H2,1-2H3,(H,20,21). The number of hydrogen-bond acceptors (Lipinski definition) is 2. The van der Waals surface area contributed by atoms with E-state index in [-0.39, 0.29) is 11.3 Å². The zero-order valence-electron chi connectivity index (χ0n) is 12.8. The van der Waals surface area contributed by atoms with Gasteiger partial charge in [0.1, 0.15) is 17.3 Å². The highest BCUT2D eigenvalue weighted by Crippen LogP contribution is 2.20. The first-order valence-electron chi connectivity index (χ1n) is 7.55. The molecule has 1 aromatic carbocycles. The molecule has 1 amide bonds. The molecule has 1 aromatic rings. The normalized spacial score (nSPS) is 10.5. The summed E-state index contributed by atoms with van der Waals surface area (Å²) in [6, 6.07) is 2.09. The van der Waals surface area contributed by atoms with E-state index in [0.29, 0.717) is 6.54 Å². The molecule has 0 unspecified atom stereocenters.